The zero-order chi connectivity index (χ0) is 22.9. The number of anilines is 1. The highest BCUT2D eigenvalue weighted by atomic mass is 32.2. The van der Waals surface area contributed by atoms with E-state index >= 15 is 0 Å². The van der Waals surface area contributed by atoms with Crippen LogP contribution < -0.4 is 19.5 Å². The van der Waals surface area contributed by atoms with E-state index in [-0.39, 0.29) is 34.2 Å². The first-order valence-corrected chi connectivity index (χ1v) is 11.8. The van der Waals surface area contributed by atoms with Gasteiger partial charge in [0.2, 0.25) is 0 Å². The third kappa shape index (κ3) is 4.68. The number of thiophene rings is 1. The molecule has 0 saturated carbocycles. The van der Waals surface area contributed by atoms with Gasteiger partial charge in [0.1, 0.15) is 9.77 Å². The fourth-order valence-corrected chi connectivity index (χ4v) is 5.52. The lowest BCUT2D eigenvalue weighted by Gasteiger charge is -2.10. The molecule has 7 nitrogen and oxygen atoms in total. The van der Waals surface area contributed by atoms with Gasteiger partial charge in [0.05, 0.1) is 0 Å². The van der Waals surface area contributed by atoms with E-state index in [0.29, 0.717) is 11.3 Å². The molecule has 32 heavy (non-hydrogen) atoms. The lowest BCUT2D eigenvalue weighted by molar-refractivity contribution is -0.286. The Morgan fingerprint density at radius 1 is 1.09 bits per heavy atom. The molecular weight excluding hydrogens is 462 g/mol. The smallest absolute Gasteiger partial charge is 0.395 e. The van der Waals surface area contributed by atoms with Gasteiger partial charge in [-0.25, -0.2) is 8.42 Å². The average molecular weight is 481 g/mol. The molecule has 1 aliphatic heterocycles. The second-order valence-electron chi connectivity index (χ2n) is 7.00. The third-order valence-electron chi connectivity index (χ3n) is 4.62. The Kier molecular flexibility index (Phi) is 5.78. The minimum absolute atomic E-state index is 0.0222. The maximum atomic E-state index is 13.3. The Bertz CT molecular complexity index is 1260. The number of benzene rings is 2. The van der Waals surface area contributed by atoms with Gasteiger partial charge >= 0.3 is 6.29 Å². The molecule has 0 spiro atoms. The maximum absolute atomic E-state index is 13.3. The van der Waals surface area contributed by atoms with Crippen molar-refractivity contribution in [2.24, 2.45) is 0 Å². The van der Waals surface area contributed by atoms with Crippen LogP contribution in [0, 0.1) is 6.92 Å². The molecule has 2 heterocycles. The number of fused-ring (bicyclic) bond motifs is 1. The van der Waals surface area contributed by atoms with E-state index < -0.39 is 22.2 Å². The van der Waals surface area contributed by atoms with Gasteiger partial charge in [0.25, 0.3) is 15.9 Å². The molecule has 2 aromatic carbocycles. The maximum Gasteiger partial charge on any atom is 0.586 e. The van der Waals surface area contributed by atoms with Crippen molar-refractivity contribution in [2.75, 3.05) is 11.3 Å². The zero-order valence-electron chi connectivity index (χ0n) is 16.7. The molecule has 1 amide bonds. The summed E-state index contributed by atoms with van der Waals surface area (Å²) in [4.78, 5) is 12.5. The number of alkyl halides is 2. The minimum Gasteiger partial charge on any atom is -0.395 e. The highest BCUT2D eigenvalue weighted by molar-refractivity contribution is 7.93. The van der Waals surface area contributed by atoms with Gasteiger partial charge in [-0.3, -0.25) is 9.52 Å². The first-order chi connectivity index (χ1) is 15.1. The molecule has 11 heteroatoms. The van der Waals surface area contributed by atoms with Crippen LogP contribution in [0.2, 0.25) is 0 Å². The van der Waals surface area contributed by atoms with Crippen molar-refractivity contribution >= 4 is 33.0 Å². The zero-order valence-corrected chi connectivity index (χ0v) is 18.4. The predicted molar refractivity (Wildman–Crippen MR) is 115 cm³/mol. The number of carbonyl (C=O) groups is 1. The van der Waals surface area contributed by atoms with Crippen molar-refractivity contribution in [3.05, 3.63) is 69.9 Å². The summed E-state index contributed by atoms with van der Waals surface area (Å²) in [5.41, 5.74) is 1.79. The number of amides is 1. The number of hydrogen-bond acceptors (Lipinski definition) is 6. The van der Waals surface area contributed by atoms with E-state index in [1.54, 1.807) is 36.4 Å². The van der Waals surface area contributed by atoms with Gasteiger partial charge < -0.3 is 14.8 Å². The van der Waals surface area contributed by atoms with Gasteiger partial charge in [-0.05, 0) is 43.0 Å². The minimum atomic E-state index is -3.98. The Morgan fingerprint density at radius 3 is 2.59 bits per heavy atom. The van der Waals surface area contributed by atoms with Crippen LogP contribution in [0.4, 0.5) is 14.5 Å². The Labute approximate surface area is 187 Å². The lowest BCUT2D eigenvalue weighted by atomic mass is 10.1. The molecule has 1 aromatic heterocycles. The molecule has 0 unspecified atom stereocenters. The number of halogens is 2. The van der Waals surface area contributed by atoms with E-state index in [2.05, 4.69) is 19.5 Å². The standard InChI is InChI=1S/C21H18F2N2O5S2/c1-13-5-7-15(8-6-13)25-32(27,28)17-10-12-31-19(17)20(26)24-11-9-14-3-2-4-16-18(14)30-21(22,23)29-16/h2-8,10,12,25H,9,11H2,1H3,(H,24,26). The number of para-hydroxylation sites is 1. The largest absolute Gasteiger partial charge is 0.586 e. The normalized spacial score (nSPS) is 14.2. The summed E-state index contributed by atoms with van der Waals surface area (Å²) in [5.74, 6) is -0.736. The van der Waals surface area contributed by atoms with Crippen molar-refractivity contribution in [3.63, 3.8) is 0 Å². The quantitative estimate of drug-likeness (QED) is 0.530. The van der Waals surface area contributed by atoms with E-state index in [1.165, 1.54) is 17.5 Å². The summed E-state index contributed by atoms with van der Waals surface area (Å²) in [6, 6.07) is 12.6. The Hall–Kier alpha value is -3.18. The molecule has 2 N–H and O–H groups in total. The topological polar surface area (TPSA) is 93.7 Å². The summed E-state index contributed by atoms with van der Waals surface area (Å²) in [7, 11) is -3.98. The van der Waals surface area contributed by atoms with E-state index in [9.17, 15) is 22.0 Å². The van der Waals surface area contributed by atoms with Crippen LogP contribution in [0.5, 0.6) is 11.5 Å². The molecular formula is C21H18F2N2O5S2. The molecule has 0 fully saturated rings. The Balaban J connectivity index is 1.42. The summed E-state index contributed by atoms with van der Waals surface area (Å²) in [5, 5.41) is 4.13. The summed E-state index contributed by atoms with van der Waals surface area (Å²) in [6.45, 7) is 1.96. The highest BCUT2D eigenvalue weighted by Crippen LogP contribution is 2.43. The first-order valence-electron chi connectivity index (χ1n) is 9.47. The molecule has 3 aromatic rings. The molecule has 0 radical (unpaired) electrons. The van der Waals surface area contributed by atoms with Crippen molar-refractivity contribution in [2.45, 2.75) is 24.5 Å². The van der Waals surface area contributed by atoms with Crippen LogP contribution in [0.25, 0.3) is 0 Å². The van der Waals surface area contributed by atoms with Crippen LogP contribution in [-0.2, 0) is 16.4 Å². The third-order valence-corrected chi connectivity index (χ3v) is 7.08. The van der Waals surface area contributed by atoms with E-state index in [1.807, 2.05) is 6.92 Å². The molecule has 0 aliphatic carbocycles. The first kappa shape index (κ1) is 22.0. The number of nitrogens with one attached hydrogen (secondary N) is 2. The van der Waals surface area contributed by atoms with Crippen molar-refractivity contribution in [1.82, 2.24) is 5.32 Å². The van der Waals surface area contributed by atoms with E-state index in [4.69, 9.17) is 0 Å². The fourth-order valence-electron chi connectivity index (χ4n) is 3.12. The second-order valence-corrected chi connectivity index (χ2v) is 9.57. The van der Waals surface area contributed by atoms with Gasteiger partial charge in [-0.15, -0.1) is 20.1 Å². The molecule has 168 valence electrons. The van der Waals surface area contributed by atoms with Crippen LogP contribution in [-0.4, -0.2) is 27.2 Å². The average Bonchev–Trinajstić information content (AvgIpc) is 3.34. The van der Waals surface area contributed by atoms with Crippen molar-refractivity contribution in [1.29, 1.82) is 0 Å². The van der Waals surface area contributed by atoms with Gasteiger partial charge in [-0.2, -0.15) is 0 Å². The number of ether oxygens (including phenoxy) is 2. The number of sulfonamides is 1. The molecule has 0 saturated heterocycles. The fraction of sp³-hybridized carbons (Fsp3) is 0.190. The number of aryl methyl sites for hydroxylation is 1. The van der Waals surface area contributed by atoms with Gasteiger partial charge in [0.15, 0.2) is 11.5 Å². The second kappa shape index (κ2) is 8.40. The molecule has 4 rings (SSSR count). The SMILES string of the molecule is Cc1ccc(NS(=O)(=O)c2ccsc2C(=O)NCCc2cccc3c2OC(F)(F)O3)cc1. The summed E-state index contributed by atoms with van der Waals surface area (Å²) >= 11 is 0.989. The number of rotatable bonds is 7. The van der Waals surface area contributed by atoms with Gasteiger partial charge in [0, 0.05) is 17.8 Å². The van der Waals surface area contributed by atoms with Gasteiger partial charge in [-0.1, -0.05) is 29.8 Å². The van der Waals surface area contributed by atoms with E-state index in [0.717, 1.165) is 16.9 Å². The van der Waals surface area contributed by atoms with Crippen LogP contribution in [0.1, 0.15) is 20.8 Å². The lowest BCUT2D eigenvalue weighted by Crippen LogP contribution is -2.27. The van der Waals surface area contributed by atoms with Crippen LogP contribution in [0.3, 0.4) is 0 Å². The van der Waals surface area contributed by atoms with Crippen molar-refractivity contribution < 1.29 is 31.5 Å². The summed E-state index contributed by atoms with van der Waals surface area (Å²) in [6.07, 6.45) is -3.55. The molecule has 0 bridgehead atoms. The van der Waals surface area contributed by atoms with Crippen LogP contribution >= 0.6 is 11.3 Å². The Morgan fingerprint density at radius 2 is 1.84 bits per heavy atom. The highest BCUT2D eigenvalue weighted by Gasteiger charge is 2.44. The molecule has 1 aliphatic rings. The predicted octanol–water partition coefficient (Wildman–Crippen LogP) is 4.15. The van der Waals surface area contributed by atoms with Crippen LogP contribution in [0.15, 0.2) is 58.8 Å². The number of hydrogen-bond donors (Lipinski definition) is 2. The molecule has 0 atom stereocenters. The number of carbonyl (C=O) groups excluding carboxylic acids is 1. The van der Waals surface area contributed by atoms with Crippen molar-refractivity contribution in [3.8, 4) is 11.5 Å². The monoisotopic (exact) mass is 480 g/mol. The summed E-state index contributed by atoms with van der Waals surface area (Å²) < 4.78 is 63.6.